The number of pyridine rings is 1. The zero-order valence-electron chi connectivity index (χ0n) is 14.4. The summed E-state index contributed by atoms with van der Waals surface area (Å²) in [6.07, 6.45) is 2.19. The molecule has 7 heteroatoms. The van der Waals surface area contributed by atoms with Crippen LogP contribution in [0.1, 0.15) is 12.8 Å². The Balaban J connectivity index is 1.41. The lowest BCUT2D eigenvalue weighted by atomic mass is 10.2. The molecule has 0 spiro atoms. The number of rotatable bonds is 5. The second kappa shape index (κ2) is 8.80. The number of halogens is 1. The fourth-order valence-electron chi connectivity index (χ4n) is 2.86. The van der Waals surface area contributed by atoms with Crippen LogP contribution in [0.25, 0.3) is 0 Å². The number of hydrogen-bond donors (Lipinski definition) is 1. The molecule has 136 valence electrons. The summed E-state index contributed by atoms with van der Waals surface area (Å²) in [4.78, 5) is 32.7. The SMILES string of the molecule is O=C(CCC(=O)N1CCN(c2ccccn2)CC1)Nc1ccc(Br)cc1. The number of benzene rings is 1. The van der Waals surface area contributed by atoms with Crippen molar-refractivity contribution in [2.45, 2.75) is 12.8 Å². The average Bonchev–Trinajstić information content (AvgIpc) is 2.69. The van der Waals surface area contributed by atoms with Gasteiger partial charge in [0, 0.05) is 55.4 Å². The summed E-state index contributed by atoms with van der Waals surface area (Å²) in [6, 6.07) is 13.2. The first-order valence-electron chi connectivity index (χ1n) is 8.61. The van der Waals surface area contributed by atoms with Crippen molar-refractivity contribution < 1.29 is 9.59 Å². The predicted octanol–water partition coefficient (Wildman–Crippen LogP) is 2.91. The Labute approximate surface area is 161 Å². The Hall–Kier alpha value is -2.41. The number of nitrogens with one attached hydrogen (secondary N) is 1. The number of nitrogens with zero attached hydrogens (tertiary/aromatic N) is 3. The van der Waals surface area contributed by atoms with E-state index in [1.54, 1.807) is 6.20 Å². The van der Waals surface area contributed by atoms with Gasteiger partial charge in [-0.3, -0.25) is 9.59 Å². The van der Waals surface area contributed by atoms with Gasteiger partial charge >= 0.3 is 0 Å². The van der Waals surface area contributed by atoms with Crippen molar-refractivity contribution in [1.29, 1.82) is 0 Å². The van der Waals surface area contributed by atoms with Gasteiger partial charge in [0.2, 0.25) is 11.8 Å². The lowest BCUT2D eigenvalue weighted by Crippen LogP contribution is -2.49. The second-order valence-corrected chi connectivity index (χ2v) is 7.03. The Morgan fingerprint density at radius 3 is 2.38 bits per heavy atom. The quantitative estimate of drug-likeness (QED) is 0.813. The van der Waals surface area contributed by atoms with Crippen molar-refractivity contribution in [2.75, 3.05) is 36.4 Å². The van der Waals surface area contributed by atoms with Gasteiger partial charge in [0.15, 0.2) is 0 Å². The van der Waals surface area contributed by atoms with E-state index in [9.17, 15) is 9.59 Å². The van der Waals surface area contributed by atoms with Crippen LogP contribution < -0.4 is 10.2 Å². The first-order chi connectivity index (χ1) is 12.6. The number of carbonyl (C=O) groups is 2. The smallest absolute Gasteiger partial charge is 0.224 e. The molecule has 1 aromatic carbocycles. The Morgan fingerprint density at radius 1 is 1.00 bits per heavy atom. The number of aromatic nitrogens is 1. The maximum absolute atomic E-state index is 12.3. The monoisotopic (exact) mass is 416 g/mol. The van der Waals surface area contributed by atoms with Crippen molar-refractivity contribution in [1.82, 2.24) is 9.88 Å². The van der Waals surface area contributed by atoms with Gasteiger partial charge in [-0.25, -0.2) is 4.98 Å². The van der Waals surface area contributed by atoms with E-state index in [2.05, 4.69) is 31.1 Å². The number of piperazine rings is 1. The first-order valence-corrected chi connectivity index (χ1v) is 9.40. The molecule has 1 aliphatic rings. The largest absolute Gasteiger partial charge is 0.353 e. The molecule has 0 atom stereocenters. The normalized spacial score (nSPS) is 14.2. The molecule has 0 bridgehead atoms. The van der Waals surface area contributed by atoms with Crippen LogP contribution >= 0.6 is 15.9 Å². The highest BCUT2D eigenvalue weighted by Crippen LogP contribution is 2.15. The van der Waals surface area contributed by atoms with Crippen LogP contribution in [0.3, 0.4) is 0 Å². The summed E-state index contributed by atoms with van der Waals surface area (Å²) in [6.45, 7) is 2.83. The van der Waals surface area contributed by atoms with Gasteiger partial charge in [-0.2, -0.15) is 0 Å². The maximum Gasteiger partial charge on any atom is 0.224 e. The standard InChI is InChI=1S/C19H21BrN4O2/c20-15-4-6-16(7-5-15)22-18(25)8-9-19(26)24-13-11-23(12-14-24)17-3-1-2-10-21-17/h1-7,10H,8-9,11-14H2,(H,22,25). The van der Waals surface area contributed by atoms with E-state index in [1.807, 2.05) is 47.4 Å². The minimum Gasteiger partial charge on any atom is -0.353 e. The van der Waals surface area contributed by atoms with E-state index in [0.717, 1.165) is 29.1 Å². The van der Waals surface area contributed by atoms with E-state index in [0.29, 0.717) is 13.1 Å². The van der Waals surface area contributed by atoms with Gasteiger partial charge in [0.25, 0.3) is 0 Å². The van der Waals surface area contributed by atoms with E-state index in [4.69, 9.17) is 0 Å². The van der Waals surface area contributed by atoms with Crippen molar-refractivity contribution in [3.63, 3.8) is 0 Å². The third-order valence-corrected chi connectivity index (χ3v) is 4.83. The first kappa shape index (κ1) is 18.4. The minimum absolute atomic E-state index is 0.0247. The molecular formula is C19H21BrN4O2. The molecule has 1 fully saturated rings. The minimum atomic E-state index is -0.146. The fraction of sp³-hybridized carbons (Fsp3) is 0.316. The molecule has 0 aliphatic carbocycles. The van der Waals surface area contributed by atoms with Gasteiger partial charge in [0.1, 0.15) is 5.82 Å². The Bertz CT molecular complexity index is 744. The Morgan fingerprint density at radius 2 is 1.73 bits per heavy atom. The van der Waals surface area contributed by atoms with Crippen LogP contribution in [-0.4, -0.2) is 47.9 Å². The molecule has 0 radical (unpaired) electrons. The van der Waals surface area contributed by atoms with E-state index in [-0.39, 0.29) is 24.7 Å². The molecule has 2 heterocycles. The van der Waals surface area contributed by atoms with Crippen molar-refractivity contribution >= 4 is 39.2 Å². The van der Waals surface area contributed by atoms with Crippen LogP contribution in [0.15, 0.2) is 53.1 Å². The van der Waals surface area contributed by atoms with Crippen molar-refractivity contribution in [3.05, 3.63) is 53.1 Å². The van der Waals surface area contributed by atoms with E-state index < -0.39 is 0 Å². The summed E-state index contributed by atoms with van der Waals surface area (Å²) in [5, 5.41) is 2.81. The molecular weight excluding hydrogens is 396 g/mol. The van der Waals surface area contributed by atoms with Crippen molar-refractivity contribution in [3.8, 4) is 0 Å². The second-order valence-electron chi connectivity index (χ2n) is 6.11. The van der Waals surface area contributed by atoms with Crippen LogP contribution in [0, 0.1) is 0 Å². The number of amides is 2. The fourth-order valence-corrected chi connectivity index (χ4v) is 3.13. The van der Waals surface area contributed by atoms with Gasteiger partial charge in [-0.1, -0.05) is 22.0 Å². The van der Waals surface area contributed by atoms with Crippen LogP contribution in [-0.2, 0) is 9.59 Å². The van der Waals surface area contributed by atoms with E-state index >= 15 is 0 Å². The zero-order chi connectivity index (χ0) is 18.4. The molecule has 2 aromatic rings. The zero-order valence-corrected chi connectivity index (χ0v) is 16.0. The highest BCUT2D eigenvalue weighted by molar-refractivity contribution is 9.10. The van der Waals surface area contributed by atoms with E-state index in [1.165, 1.54) is 0 Å². The molecule has 1 aromatic heterocycles. The van der Waals surface area contributed by atoms with Crippen LogP contribution in [0.2, 0.25) is 0 Å². The molecule has 1 aliphatic heterocycles. The van der Waals surface area contributed by atoms with Crippen molar-refractivity contribution in [2.24, 2.45) is 0 Å². The Kier molecular flexibility index (Phi) is 6.22. The van der Waals surface area contributed by atoms with Crippen LogP contribution in [0.4, 0.5) is 11.5 Å². The molecule has 2 amide bonds. The molecule has 1 N–H and O–H groups in total. The highest BCUT2D eigenvalue weighted by Gasteiger charge is 2.22. The lowest BCUT2D eigenvalue weighted by Gasteiger charge is -2.35. The van der Waals surface area contributed by atoms with Gasteiger partial charge in [0.05, 0.1) is 0 Å². The molecule has 0 unspecified atom stereocenters. The molecule has 3 rings (SSSR count). The molecule has 26 heavy (non-hydrogen) atoms. The average molecular weight is 417 g/mol. The highest BCUT2D eigenvalue weighted by atomic mass is 79.9. The number of anilines is 2. The number of hydrogen-bond acceptors (Lipinski definition) is 4. The molecule has 0 saturated carbocycles. The van der Waals surface area contributed by atoms with Crippen LogP contribution in [0.5, 0.6) is 0 Å². The summed E-state index contributed by atoms with van der Waals surface area (Å²) in [5.74, 6) is 0.817. The maximum atomic E-state index is 12.3. The third kappa shape index (κ3) is 5.05. The summed E-state index contributed by atoms with van der Waals surface area (Å²) in [7, 11) is 0. The summed E-state index contributed by atoms with van der Waals surface area (Å²) >= 11 is 3.35. The summed E-state index contributed by atoms with van der Waals surface area (Å²) < 4.78 is 0.954. The third-order valence-electron chi connectivity index (χ3n) is 4.30. The summed E-state index contributed by atoms with van der Waals surface area (Å²) in [5.41, 5.74) is 0.731. The lowest BCUT2D eigenvalue weighted by molar-refractivity contribution is -0.133. The van der Waals surface area contributed by atoms with Gasteiger partial charge in [-0.05, 0) is 36.4 Å². The number of carbonyl (C=O) groups excluding carboxylic acids is 2. The van der Waals surface area contributed by atoms with Gasteiger partial charge in [-0.15, -0.1) is 0 Å². The van der Waals surface area contributed by atoms with Gasteiger partial charge < -0.3 is 15.1 Å². The molecule has 6 nitrogen and oxygen atoms in total. The topological polar surface area (TPSA) is 65.5 Å². The predicted molar refractivity (Wildman–Crippen MR) is 105 cm³/mol. The molecule has 1 saturated heterocycles.